The minimum Gasteiger partial charge on any atom is -0.333 e. The molecule has 1 fully saturated rings. The van der Waals surface area contributed by atoms with Gasteiger partial charge in [-0.2, -0.15) is 0 Å². The number of rotatable bonds is 0. The van der Waals surface area contributed by atoms with Gasteiger partial charge in [-0.25, -0.2) is 4.98 Å². The molecule has 2 heterocycles. The van der Waals surface area contributed by atoms with Gasteiger partial charge in [0.25, 0.3) is 0 Å². The van der Waals surface area contributed by atoms with Gasteiger partial charge in [-0.05, 0) is 39.2 Å². The molecule has 1 aliphatic carbocycles. The third kappa shape index (κ3) is 1.05. The van der Waals surface area contributed by atoms with Gasteiger partial charge in [-0.3, -0.25) is 0 Å². The monoisotopic (exact) mass is 191 g/mol. The summed E-state index contributed by atoms with van der Waals surface area (Å²) in [5.74, 6) is 1.29. The fourth-order valence-corrected chi connectivity index (χ4v) is 2.69. The molecule has 0 unspecified atom stereocenters. The maximum absolute atomic E-state index is 4.69. The van der Waals surface area contributed by atoms with Crippen LogP contribution in [0.4, 0.5) is 0 Å². The van der Waals surface area contributed by atoms with Gasteiger partial charge in [0, 0.05) is 12.7 Å². The van der Waals surface area contributed by atoms with Crippen molar-refractivity contribution in [1.29, 1.82) is 0 Å². The Labute approximate surface area is 84.5 Å². The largest absolute Gasteiger partial charge is 0.333 e. The fourth-order valence-electron chi connectivity index (χ4n) is 2.69. The zero-order valence-corrected chi connectivity index (χ0v) is 8.71. The van der Waals surface area contributed by atoms with Crippen LogP contribution in [0.15, 0.2) is 6.20 Å². The average Bonchev–Trinajstić information content (AvgIpc) is 2.35. The maximum Gasteiger partial charge on any atom is 0.129 e. The van der Waals surface area contributed by atoms with Crippen molar-refractivity contribution in [2.45, 2.75) is 44.7 Å². The first-order valence-electron chi connectivity index (χ1n) is 5.59. The number of hydrogen-bond donors (Lipinski definition) is 1. The molecule has 1 aromatic heterocycles. The standard InChI is InChI=1S/C11H17N3/c1-9-8-14-7-3-6-12-11(4-2-5-11)10(14)13-9/h8,12H,2-7H2,1H3. The summed E-state index contributed by atoms with van der Waals surface area (Å²) >= 11 is 0. The van der Waals surface area contributed by atoms with Gasteiger partial charge in [-0.1, -0.05) is 0 Å². The normalized spacial score (nSPS) is 24.1. The summed E-state index contributed by atoms with van der Waals surface area (Å²) in [5, 5.41) is 3.68. The lowest BCUT2D eigenvalue weighted by atomic mass is 9.76. The van der Waals surface area contributed by atoms with Crippen molar-refractivity contribution in [2.24, 2.45) is 0 Å². The molecule has 0 bridgehead atoms. The zero-order valence-electron chi connectivity index (χ0n) is 8.71. The molecule has 76 valence electrons. The van der Waals surface area contributed by atoms with E-state index in [-0.39, 0.29) is 5.54 Å². The van der Waals surface area contributed by atoms with Gasteiger partial charge >= 0.3 is 0 Å². The number of aryl methyl sites for hydroxylation is 2. The van der Waals surface area contributed by atoms with E-state index in [0.29, 0.717) is 0 Å². The molecule has 0 aromatic carbocycles. The highest BCUT2D eigenvalue weighted by atomic mass is 15.2. The number of aromatic nitrogens is 2. The van der Waals surface area contributed by atoms with Crippen LogP contribution in [0.2, 0.25) is 0 Å². The lowest BCUT2D eigenvalue weighted by molar-refractivity contribution is 0.178. The van der Waals surface area contributed by atoms with Crippen LogP contribution < -0.4 is 5.32 Å². The van der Waals surface area contributed by atoms with E-state index in [9.17, 15) is 0 Å². The molecular formula is C11H17N3. The second-order valence-electron chi connectivity index (χ2n) is 4.62. The van der Waals surface area contributed by atoms with E-state index >= 15 is 0 Å². The van der Waals surface area contributed by atoms with E-state index in [4.69, 9.17) is 0 Å². The van der Waals surface area contributed by atoms with Crippen molar-refractivity contribution < 1.29 is 0 Å². The third-order valence-corrected chi connectivity index (χ3v) is 3.57. The van der Waals surface area contributed by atoms with Crippen molar-refractivity contribution in [1.82, 2.24) is 14.9 Å². The molecular weight excluding hydrogens is 174 g/mol. The molecule has 0 atom stereocenters. The first-order chi connectivity index (χ1) is 6.80. The Kier molecular flexibility index (Phi) is 1.71. The summed E-state index contributed by atoms with van der Waals surface area (Å²) in [7, 11) is 0. The summed E-state index contributed by atoms with van der Waals surface area (Å²) in [6.07, 6.45) is 7.30. The number of nitrogens with zero attached hydrogens (tertiary/aromatic N) is 2. The van der Waals surface area contributed by atoms with Crippen LogP contribution in [0.5, 0.6) is 0 Å². The van der Waals surface area contributed by atoms with Gasteiger partial charge in [0.2, 0.25) is 0 Å². The van der Waals surface area contributed by atoms with E-state index in [1.54, 1.807) is 0 Å². The highest BCUT2D eigenvalue weighted by Gasteiger charge is 2.42. The van der Waals surface area contributed by atoms with Crippen molar-refractivity contribution in [2.75, 3.05) is 6.54 Å². The molecule has 1 aromatic rings. The highest BCUT2D eigenvalue weighted by Crippen LogP contribution is 2.41. The summed E-state index contributed by atoms with van der Waals surface area (Å²) in [6, 6.07) is 0. The van der Waals surface area contributed by atoms with Crippen molar-refractivity contribution in [3.05, 3.63) is 17.7 Å². The molecule has 1 N–H and O–H groups in total. The minimum absolute atomic E-state index is 0.241. The van der Waals surface area contributed by atoms with E-state index in [0.717, 1.165) is 18.8 Å². The molecule has 0 radical (unpaired) electrons. The Morgan fingerprint density at radius 1 is 1.43 bits per heavy atom. The highest BCUT2D eigenvalue weighted by molar-refractivity contribution is 5.17. The predicted octanol–water partition coefficient (Wildman–Crippen LogP) is 1.56. The van der Waals surface area contributed by atoms with Crippen molar-refractivity contribution in [3.63, 3.8) is 0 Å². The number of fused-ring (bicyclic) bond motifs is 2. The lowest BCUT2D eigenvalue weighted by Gasteiger charge is -2.41. The van der Waals surface area contributed by atoms with Gasteiger partial charge in [0.1, 0.15) is 5.82 Å². The zero-order chi connectivity index (χ0) is 9.60. The summed E-state index contributed by atoms with van der Waals surface area (Å²) in [6.45, 7) is 4.36. The quantitative estimate of drug-likeness (QED) is 0.674. The van der Waals surface area contributed by atoms with Crippen LogP contribution in [-0.2, 0) is 12.1 Å². The Morgan fingerprint density at radius 2 is 2.29 bits per heavy atom. The fraction of sp³-hybridized carbons (Fsp3) is 0.727. The Hall–Kier alpha value is -0.830. The van der Waals surface area contributed by atoms with Crippen LogP contribution in [0.1, 0.15) is 37.2 Å². The maximum atomic E-state index is 4.69. The SMILES string of the molecule is Cc1cn2c(n1)C1(CCC1)NCCC2. The summed E-state index contributed by atoms with van der Waals surface area (Å²) in [4.78, 5) is 4.69. The molecule has 3 rings (SSSR count). The lowest BCUT2D eigenvalue weighted by Crippen LogP contribution is -2.48. The van der Waals surface area contributed by atoms with Crippen LogP contribution >= 0.6 is 0 Å². The number of imidazole rings is 1. The second kappa shape index (κ2) is 2.83. The topological polar surface area (TPSA) is 29.9 Å². The average molecular weight is 191 g/mol. The number of nitrogens with one attached hydrogen (secondary N) is 1. The van der Waals surface area contributed by atoms with Gasteiger partial charge < -0.3 is 9.88 Å². The van der Waals surface area contributed by atoms with Crippen LogP contribution in [0, 0.1) is 6.92 Å². The van der Waals surface area contributed by atoms with Gasteiger partial charge in [0.15, 0.2) is 0 Å². The van der Waals surface area contributed by atoms with E-state index in [1.807, 2.05) is 0 Å². The second-order valence-corrected chi connectivity index (χ2v) is 4.62. The molecule has 14 heavy (non-hydrogen) atoms. The Balaban J connectivity index is 2.07. The predicted molar refractivity (Wildman–Crippen MR) is 55.1 cm³/mol. The molecule has 0 amide bonds. The molecule has 3 nitrogen and oxygen atoms in total. The van der Waals surface area contributed by atoms with Gasteiger partial charge in [0.05, 0.1) is 11.2 Å². The Morgan fingerprint density at radius 3 is 3.00 bits per heavy atom. The molecule has 1 aliphatic heterocycles. The van der Waals surface area contributed by atoms with E-state index in [1.165, 1.54) is 31.5 Å². The minimum atomic E-state index is 0.241. The van der Waals surface area contributed by atoms with E-state index in [2.05, 4.69) is 28.0 Å². The van der Waals surface area contributed by atoms with Gasteiger partial charge in [-0.15, -0.1) is 0 Å². The van der Waals surface area contributed by atoms with Crippen LogP contribution in [-0.4, -0.2) is 16.1 Å². The van der Waals surface area contributed by atoms with E-state index < -0.39 is 0 Å². The van der Waals surface area contributed by atoms with Crippen LogP contribution in [0.3, 0.4) is 0 Å². The number of hydrogen-bond acceptors (Lipinski definition) is 2. The molecule has 0 saturated heterocycles. The molecule has 1 spiro atoms. The molecule has 2 aliphatic rings. The molecule has 3 heteroatoms. The first-order valence-corrected chi connectivity index (χ1v) is 5.59. The van der Waals surface area contributed by atoms with Crippen LogP contribution in [0.25, 0.3) is 0 Å². The smallest absolute Gasteiger partial charge is 0.129 e. The molecule has 1 saturated carbocycles. The summed E-state index contributed by atoms with van der Waals surface area (Å²) < 4.78 is 2.36. The summed E-state index contributed by atoms with van der Waals surface area (Å²) in [5.41, 5.74) is 1.40. The Bertz CT molecular complexity index is 349. The first kappa shape index (κ1) is 8.48. The third-order valence-electron chi connectivity index (χ3n) is 3.57. The van der Waals surface area contributed by atoms with Crippen molar-refractivity contribution >= 4 is 0 Å². The van der Waals surface area contributed by atoms with Crippen molar-refractivity contribution in [3.8, 4) is 0 Å².